The van der Waals surface area contributed by atoms with Crippen LogP contribution in [0, 0.1) is 18.6 Å². The number of aliphatic hydroxyl groups is 1. The van der Waals surface area contributed by atoms with Crippen LogP contribution in [0.4, 0.5) is 14.5 Å². The Balaban J connectivity index is 1.97. The van der Waals surface area contributed by atoms with Crippen molar-refractivity contribution < 1.29 is 28.2 Å². The molecule has 3 aromatic rings. The number of ketones is 1. The standard InChI is InChI=1S/C25H18ClF2NO4/c1-13-10-15(6-8-19(13)27)23(30)21-22(14-4-3-5-17(11-14)33-2)29(25(32)24(21)31)16-7-9-20(28)18(26)12-16/h3-12,22,30H,1-2H3/b23-21+. The number of Topliss-reactive ketones (excluding diaryl/α,β-unsaturated/α-hetero) is 1. The fraction of sp³-hybridized carbons (Fsp3) is 0.120. The number of carbonyl (C=O) groups is 2. The average molecular weight is 470 g/mol. The van der Waals surface area contributed by atoms with Gasteiger partial charge < -0.3 is 9.84 Å². The first kappa shape index (κ1) is 22.5. The fourth-order valence-corrected chi connectivity index (χ4v) is 3.98. The third-order valence-electron chi connectivity index (χ3n) is 5.47. The predicted molar refractivity (Wildman–Crippen MR) is 120 cm³/mol. The van der Waals surface area contributed by atoms with Crippen molar-refractivity contribution in [2.45, 2.75) is 13.0 Å². The lowest BCUT2D eigenvalue weighted by molar-refractivity contribution is -0.132. The van der Waals surface area contributed by atoms with Crippen LogP contribution < -0.4 is 9.64 Å². The third kappa shape index (κ3) is 3.96. The lowest BCUT2D eigenvalue weighted by atomic mass is 9.94. The molecule has 1 fully saturated rings. The van der Waals surface area contributed by atoms with E-state index in [0.717, 1.165) is 11.0 Å². The number of rotatable bonds is 4. The molecule has 1 aliphatic heterocycles. The van der Waals surface area contributed by atoms with Gasteiger partial charge in [-0.3, -0.25) is 14.5 Å². The molecule has 168 valence electrons. The summed E-state index contributed by atoms with van der Waals surface area (Å²) in [6.07, 6.45) is 0. The van der Waals surface area contributed by atoms with E-state index in [-0.39, 0.29) is 27.4 Å². The molecule has 0 saturated carbocycles. The predicted octanol–water partition coefficient (Wildman–Crippen LogP) is 5.56. The van der Waals surface area contributed by atoms with E-state index >= 15 is 0 Å². The molecule has 1 heterocycles. The van der Waals surface area contributed by atoms with Gasteiger partial charge >= 0.3 is 0 Å². The molecule has 0 spiro atoms. The second-order valence-corrected chi connectivity index (χ2v) is 7.92. The van der Waals surface area contributed by atoms with Crippen LogP contribution in [0.3, 0.4) is 0 Å². The van der Waals surface area contributed by atoms with Gasteiger partial charge in [-0.15, -0.1) is 0 Å². The molecular formula is C25H18ClF2NO4. The van der Waals surface area contributed by atoms with E-state index < -0.39 is 35.1 Å². The smallest absolute Gasteiger partial charge is 0.300 e. The van der Waals surface area contributed by atoms with Gasteiger partial charge in [0.25, 0.3) is 11.7 Å². The van der Waals surface area contributed by atoms with Gasteiger partial charge in [0.15, 0.2) is 0 Å². The molecule has 0 aromatic heterocycles. The Bertz CT molecular complexity index is 1320. The summed E-state index contributed by atoms with van der Waals surface area (Å²) in [5.74, 6) is -3.02. The van der Waals surface area contributed by atoms with Crippen molar-refractivity contribution in [2.24, 2.45) is 0 Å². The maximum absolute atomic E-state index is 13.8. The zero-order valence-corrected chi connectivity index (χ0v) is 18.4. The maximum Gasteiger partial charge on any atom is 0.300 e. The van der Waals surface area contributed by atoms with Gasteiger partial charge in [0.1, 0.15) is 23.1 Å². The fourth-order valence-electron chi connectivity index (χ4n) is 3.81. The molecule has 5 nitrogen and oxygen atoms in total. The van der Waals surface area contributed by atoms with E-state index in [2.05, 4.69) is 0 Å². The number of hydrogen-bond donors (Lipinski definition) is 1. The number of methoxy groups -OCH3 is 1. The summed E-state index contributed by atoms with van der Waals surface area (Å²) in [6, 6.07) is 13.1. The minimum Gasteiger partial charge on any atom is -0.507 e. The van der Waals surface area contributed by atoms with Crippen molar-refractivity contribution in [1.29, 1.82) is 0 Å². The monoisotopic (exact) mass is 469 g/mol. The van der Waals surface area contributed by atoms with Crippen molar-refractivity contribution >= 4 is 34.7 Å². The van der Waals surface area contributed by atoms with E-state index in [1.165, 1.54) is 44.4 Å². The van der Waals surface area contributed by atoms with Crippen LogP contribution in [0.1, 0.15) is 22.7 Å². The highest BCUT2D eigenvalue weighted by atomic mass is 35.5. The molecule has 8 heteroatoms. The number of nitrogens with zero attached hydrogens (tertiary/aromatic N) is 1. The first-order valence-corrected chi connectivity index (χ1v) is 10.3. The molecule has 1 atom stereocenters. The van der Waals surface area contributed by atoms with Gasteiger partial charge in [-0.05, 0) is 66.6 Å². The maximum atomic E-state index is 13.8. The quantitative estimate of drug-likeness (QED) is 0.308. The van der Waals surface area contributed by atoms with Crippen LogP contribution in [-0.4, -0.2) is 23.9 Å². The zero-order chi connectivity index (χ0) is 23.9. The SMILES string of the molecule is COc1cccc(C2/C(=C(\O)c3ccc(F)c(C)c3)C(=O)C(=O)N2c2ccc(F)c(Cl)c2)c1. The van der Waals surface area contributed by atoms with Gasteiger partial charge in [0, 0.05) is 11.3 Å². The van der Waals surface area contributed by atoms with E-state index in [0.29, 0.717) is 11.3 Å². The van der Waals surface area contributed by atoms with E-state index in [4.69, 9.17) is 16.3 Å². The first-order valence-electron chi connectivity index (χ1n) is 9.89. The van der Waals surface area contributed by atoms with Gasteiger partial charge in [0.05, 0.1) is 23.7 Å². The van der Waals surface area contributed by atoms with Crippen molar-refractivity contribution in [3.8, 4) is 5.75 Å². The molecule has 1 unspecified atom stereocenters. The van der Waals surface area contributed by atoms with E-state index in [1.54, 1.807) is 24.3 Å². The third-order valence-corrected chi connectivity index (χ3v) is 5.76. The molecule has 0 radical (unpaired) electrons. The number of ether oxygens (including phenoxy) is 1. The number of amides is 1. The van der Waals surface area contributed by atoms with Crippen LogP contribution in [0.25, 0.3) is 5.76 Å². The van der Waals surface area contributed by atoms with Gasteiger partial charge in [-0.2, -0.15) is 0 Å². The van der Waals surface area contributed by atoms with E-state index in [1.807, 2.05) is 0 Å². The molecule has 0 aliphatic carbocycles. The largest absolute Gasteiger partial charge is 0.507 e. The van der Waals surface area contributed by atoms with Gasteiger partial charge in [-0.25, -0.2) is 8.78 Å². The summed E-state index contributed by atoms with van der Waals surface area (Å²) in [5, 5.41) is 10.9. The van der Waals surface area contributed by atoms with Gasteiger partial charge in [0.2, 0.25) is 0 Å². The summed E-state index contributed by atoms with van der Waals surface area (Å²) in [4.78, 5) is 27.4. The molecule has 1 aliphatic rings. The van der Waals surface area contributed by atoms with Crippen molar-refractivity contribution in [3.05, 3.63) is 99.6 Å². The number of aryl methyl sites for hydroxylation is 1. The summed E-state index contributed by atoms with van der Waals surface area (Å²) in [5.41, 5.74) is 0.883. The minimum absolute atomic E-state index is 0.172. The molecule has 4 rings (SSSR count). The average Bonchev–Trinajstić information content (AvgIpc) is 3.07. The molecular weight excluding hydrogens is 452 g/mol. The van der Waals surface area contributed by atoms with Crippen LogP contribution in [-0.2, 0) is 9.59 Å². The summed E-state index contributed by atoms with van der Waals surface area (Å²) in [6.45, 7) is 1.52. The summed E-state index contributed by atoms with van der Waals surface area (Å²) in [7, 11) is 1.47. The summed E-state index contributed by atoms with van der Waals surface area (Å²) >= 11 is 5.93. The lowest BCUT2D eigenvalue weighted by Crippen LogP contribution is -2.29. The highest BCUT2D eigenvalue weighted by molar-refractivity contribution is 6.51. The van der Waals surface area contributed by atoms with Crippen molar-refractivity contribution in [1.82, 2.24) is 0 Å². The molecule has 1 saturated heterocycles. The zero-order valence-electron chi connectivity index (χ0n) is 17.6. The van der Waals surface area contributed by atoms with Crippen LogP contribution >= 0.6 is 11.6 Å². The second kappa shape index (κ2) is 8.67. The molecule has 3 aromatic carbocycles. The van der Waals surface area contributed by atoms with Crippen molar-refractivity contribution in [3.63, 3.8) is 0 Å². The number of anilines is 1. The van der Waals surface area contributed by atoms with E-state index in [9.17, 15) is 23.5 Å². The normalized spacial score (nSPS) is 17.5. The minimum atomic E-state index is -1.06. The topological polar surface area (TPSA) is 66.8 Å². The van der Waals surface area contributed by atoms with Crippen molar-refractivity contribution in [2.75, 3.05) is 12.0 Å². The Morgan fingerprint density at radius 3 is 2.42 bits per heavy atom. The Morgan fingerprint density at radius 2 is 1.76 bits per heavy atom. The number of carbonyl (C=O) groups excluding carboxylic acids is 2. The first-order chi connectivity index (χ1) is 15.7. The molecule has 1 N–H and O–H groups in total. The Morgan fingerprint density at radius 1 is 1.03 bits per heavy atom. The van der Waals surface area contributed by atoms with Crippen LogP contribution in [0.2, 0.25) is 5.02 Å². The molecule has 33 heavy (non-hydrogen) atoms. The number of benzene rings is 3. The number of halogens is 3. The van der Waals surface area contributed by atoms with Crippen LogP contribution in [0.15, 0.2) is 66.2 Å². The van der Waals surface area contributed by atoms with Crippen LogP contribution in [0.5, 0.6) is 5.75 Å². The second-order valence-electron chi connectivity index (χ2n) is 7.51. The lowest BCUT2D eigenvalue weighted by Gasteiger charge is -2.26. The Hall–Kier alpha value is -3.71. The molecule has 0 bridgehead atoms. The Labute approximate surface area is 193 Å². The van der Waals surface area contributed by atoms with Gasteiger partial charge in [-0.1, -0.05) is 23.7 Å². The Kier molecular flexibility index (Phi) is 5.91. The highest BCUT2D eigenvalue weighted by Gasteiger charge is 2.47. The molecule has 1 amide bonds. The number of hydrogen-bond acceptors (Lipinski definition) is 4. The number of aliphatic hydroxyl groups excluding tert-OH is 1. The summed E-state index contributed by atoms with van der Waals surface area (Å²) < 4.78 is 32.8. The highest BCUT2D eigenvalue weighted by Crippen LogP contribution is 2.43.